The van der Waals surface area contributed by atoms with Gasteiger partial charge in [-0.2, -0.15) is 0 Å². The summed E-state index contributed by atoms with van der Waals surface area (Å²) < 4.78 is 9.75. The highest BCUT2D eigenvalue weighted by molar-refractivity contribution is 5.73. The molecule has 0 rings (SSSR count). The molecule has 0 bridgehead atoms. The maximum atomic E-state index is 10.7. The van der Waals surface area contributed by atoms with E-state index >= 15 is 0 Å². The van der Waals surface area contributed by atoms with E-state index in [9.17, 15) is 4.79 Å². The number of hydrogen-bond donors (Lipinski definition) is 1. The van der Waals surface area contributed by atoms with Crippen molar-refractivity contribution in [3.8, 4) is 0 Å². The molecule has 1 atom stereocenters. The third-order valence-corrected chi connectivity index (χ3v) is 1.69. The third-order valence-electron chi connectivity index (χ3n) is 1.69. The fourth-order valence-electron chi connectivity index (χ4n) is 1.20. The van der Waals surface area contributed by atoms with Crippen LogP contribution in [0.5, 0.6) is 0 Å². The van der Waals surface area contributed by atoms with E-state index in [0.717, 1.165) is 0 Å². The highest BCUT2D eigenvalue weighted by atomic mass is 16.5. The first kappa shape index (κ1) is 11.4. The summed E-state index contributed by atoms with van der Waals surface area (Å²) >= 11 is 0. The average molecular weight is 176 g/mol. The van der Waals surface area contributed by atoms with Gasteiger partial charge in [0.25, 0.3) is 0 Å². The molecular weight excluding hydrogens is 160 g/mol. The van der Waals surface area contributed by atoms with E-state index in [-0.39, 0.29) is 0 Å². The minimum atomic E-state index is -0.959. The van der Waals surface area contributed by atoms with E-state index in [1.54, 1.807) is 13.8 Å². The van der Waals surface area contributed by atoms with Crippen LogP contribution < -0.4 is 0 Å². The van der Waals surface area contributed by atoms with Crippen LogP contribution in [0.25, 0.3) is 0 Å². The standard InChI is InChI=1S/C8H16O4/c1-8(2,5-11-3)6(12-4)7(9)10/h6H,5H2,1-4H3,(H,9,10). The first-order valence-corrected chi connectivity index (χ1v) is 3.70. The van der Waals surface area contributed by atoms with Crippen molar-refractivity contribution in [3.63, 3.8) is 0 Å². The van der Waals surface area contributed by atoms with Gasteiger partial charge in [-0.25, -0.2) is 4.79 Å². The number of aliphatic carboxylic acids is 1. The van der Waals surface area contributed by atoms with Crippen molar-refractivity contribution in [3.05, 3.63) is 0 Å². The van der Waals surface area contributed by atoms with Crippen molar-refractivity contribution in [2.75, 3.05) is 20.8 Å². The lowest BCUT2D eigenvalue weighted by molar-refractivity contribution is -0.158. The molecule has 0 radical (unpaired) electrons. The van der Waals surface area contributed by atoms with E-state index in [1.165, 1.54) is 14.2 Å². The topological polar surface area (TPSA) is 55.8 Å². The maximum Gasteiger partial charge on any atom is 0.333 e. The van der Waals surface area contributed by atoms with Crippen LogP contribution in [0.15, 0.2) is 0 Å². The summed E-state index contributed by atoms with van der Waals surface area (Å²) in [6.07, 6.45) is -0.822. The predicted octanol–water partition coefficient (Wildman–Crippen LogP) is 0.759. The van der Waals surface area contributed by atoms with Gasteiger partial charge in [0.15, 0.2) is 6.10 Å². The molecule has 0 spiro atoms. The summed E-state index contributed by atoms with van der Waals surface area (Å²) in [5, 5.41) is 8.75. The van der Waals surface area contributed by atoms with Crippen molar-refractivity contribution in [2.45, 2.75) is 20.0 Å². The van der Waals surface area contributed by atoms with Crippen molar-refractivity contribution < 1.29 is 19.4 Å². The van der Waals surface area contributed by atoms with E-state index < -0.39 is 17.5 Å². The largest absolute Gasteiger partial charge is 0.479 e. The highest BCUT2D eigenvalue weighted by Gasteiger charge is 2.35. The lowest BCUT2D eigenvalue weighted by atomic mass is 9.87. The van der Waals surface area contributed by atoms with Crippen LogP contribution in [0.4, 0.5) is 0 Å². The Morgan fingerprint density at radius 2 is 2.00 bits per heavy atom. The zero-order valence-corrected chi connectivity index (χ0v) is 7.96. The van der Waals surface area contributed by atoms with Crippen LogP contribution in [0.1, 0.15) is 13.8 Å². The monoisotopic (exact) mass is 176 g/mol. The van der Waals surface area contributed by atoms with E-state index in [0.29, 0.717) is 6.61 Å². The Kier molecular flexibility index (Phi) is 4.20. The van der Waals surface area contributed by atoms with Crippen LogP contribution in [-0.4, -0.2) is 38.0 Å². The van der Waals surface area contributed by atoms with Crippen LogP contribution in [0.3, 0.4) is 0 Å². The van der Waals surface area contributed by atoms with Crippen molar-refractivity contribution in [1.29, 1.82) is 0 Å². The molecule has 4 nitrogen and oxygen atoms in total. The van der Waals surface area contributed by atoms with E-state index in [2.05, 4.69) is 0 Å². The Balaban J connectivity index is 4.36. The van der Waals surface area contributed by atoms with Gasteiger partial charge >= 0.3 is 5.97 Å². The molecule has 1 unspecified atom stereocenters. The van der Waals surface area contributed by atoms with Crippen LogP contribution in [0.2, 0.25) is 0 Å². The summed E-state index contributed by atoms with van der Waals surface area (Å²) in [5.41, 5.74) is -0.505. The van der Waals surface area contributed by atoms with Crippen LogP contribution in [0, 0.1) is 5.41 Å². The Hall–Kier alpha value is -0.610. The van der Waals surface area contributed by atoms with Crippen molar-refractivity contribution >= 4 is 5.97 Å². The molecule has 0 saturated carbocycles. The number of ether oxygens (including phenoxy) is 2. The average Bonchev–Trinajstić information content (AvgIpc) is 1.86. The molecule has 0 amide bonds. The lowest BCUT2D eigenvalue weighted by Crippen LogP contribution is -2.41. The molecule has 0 aliphatic carbocycles. The van der Waals surface area contributed by atoms with Crippen molar-refractivity contribution in [2.24, 2.45) is 5.41 Å². The van der Waals surface area contributed by atoms with Gasteiger partial charge in [0, 0.05) is 19.6 Å². The third kappa shape index (κ3) is 2.79. The number of hydrogen-bond acceptors (Lipinski definition) is 3. The van der Waals surface area contributed by atoms with Gasteiger partial charge in [0.2, 0.25) is 0 Å². The molecular formula is C8H16O4. The van der Waals surface area contributed by atoms with Gasteiger partial charge in [-0.1, -0.05) is 13.8 Å². The zero-order valence-electron chi connectivity index (χ0n) is 7.96. The predicted molar refractivity (Wildman–Crippen MR) is 44.1 cm³/mol. The Morgan fingerprint density at radius 1 is 1.50 bits per heavy atom. The fraction of sp³-hybridized carbons (Fsp3) is 0.875. The Morgan fingerprint density at radius 3 is 2.25 bits per heavy atom. The van der Waals surface area contributed by atoms with Gasteiger partial charge < -0.3 is 14.6 Å². The molecule has 0 aliphatic heterocycles. The first-order valence-electron chi connectivity index (χ1n) is 3.70. The van der Waals surface area contributed by atoms with Gasteiger partial charge in [-0.15, -0.1) is 0 Å². The normalized spacial score (nSPS) is 14.3. The van der Waals surface area contributed by atoms with Gasteiger partial charge in [0.1, 0.15) is 0 Å². The number of rotatable bonds is 5. The Labute approximate surface area is 72.5 Å². The number of carboxylic acids is 1. The second-order valence-corrected chi connectivity index (χ2v) is 3.38. The molecule has 0 aromatic carbocycles. The van der Waals surface area contributed by atoms with Gasteiger partial charge in [-0.05, 0) is 0 Å². The summed E-state index contributed by atoms with van der Waals surface area (Å²) in [6.45, 7) is 3.94. The fourth-order valence-corrected chi connectivity index (χ4v) is 1.20. The molecule has 72 valence electrons. The number of carbonyl (C=O) groups is 1. The molecule has 0 fully saturated rings. The highest BCUT2D eigenvalue weighted by Crippen LogP contribution is 2.23. The lowest BCUT2D eigenvalue weighted by Gasteiger charge is -2.29. The quantitative estimate of drug-likeness (QED) is 0.671. The van der Waals surface area contributed by atoms with Crippen LogP contribution >= 0.6 is 0 Å². The molecule has 0 aliphatic rings. The summed E-state index contributed by atoms with van der Waals surface area (Å²) in [5.74, 6) is -0.959. The molecule has 0 aromatic rings. The smallest absolute Gasteiger partial charge is 0.333 e. The minimum absolute atomic E-state index is 0.359. The SMILES string of the molecule is COCC(C)(C)C(OC)C(=O)O. The maximum absolute atomic E-state index is 10.7. The molecule has 4 heteroatoms. The van der Waals surface area contributed by atoms with E-state index in [4.69, 9.17) is 14.6 Å². The summed E-state index contributed by atoms with van der Waals surface area (Å²) in [6, 6.07) is 0. The number of carboxylic acid groups (broad SMARTS) is 1. The second kappa shape index (κ2) is 4.42. The zero-order chi connectivity index (χ0) is 9.78. The second-order valence-electron chi connectivity index (χ2n) is 3.38. The summed E-state index contributed by atoms with van der Waals surface area (Å²) in [4.78, 5) is 10.7. The molecule has 0 saturated heterocycles. The van der Waals surface area contributed by atoms with Gasteiger partial charge in [-0.3, -0.25) is 0 Å². The number of methoxy groups -OCH3 is 2. The molecule has 0 aromatic heterocycles. The molecule has 1 N–H and O–H groups in total. The Bertz CT molecular complexity index is 153. The van der Waals surface area contributed by atoms with Gasteiger partial charge in [0.05, 0.1) is 6.61 Å². The van der Waals surface area contributed by atoms with Crippen LogP contribution in [-0.2, 0) is 14.3 Å². The van der Waals surface area contributed by atoms with E-state index in [1.807, 2.05) is 0 Å². The minimum Gasteiger partial charge on any atom is -0.479 e. The van der Waals surface area contributed by atoms with Crippen molar-refractivity contribution in [1.82, 2.24) is 0 Å². The summed E-state index contributed by atoms with van der Waals surface area (Å²) in [7, 11) is 2.92. The first-order chi connectivity index (χ1) is 5.45. The molecule has 0 heterocycles. The molecule has 12 heavy (non-hydrogen) atoms.